The fourth-order valence-electron chi connectivity index (χ4n) is 2.10. The van der Waals surface area contributed by atoms with Gasteiger partial charge in [-0.3, -0.25) is 0 Å². The lowest BCUT2D eigenvalue weighted by Crippen LogP contribution is -2.00. The van der Waals surface area contributed by atoms with Crippen molar-refractivity contribution in [1.82, 2.24) is 0 Å². The second-order valence-corrected chi connectivity index (χ2v) is 5.53. The lowest BCUT2D eigenvalue weighted by molar-refractivity contribution is 1.30. The van der Waals surface area contributed by atoms with Crippen molar-refractivity contribution in [2.24, 2.45) is 4.99 Å². The largest absolute Gasteiger partial charge is 0.242 e. The van der Waals surface area contributed by atoms with E-state index in [0.29, 0.717) is 0 Å². The number of hydrogen-bond acceptors (Lipinski definition) is 1. The first-order chi connectivity index (χ1) is 8.99. The van der Waals surface area contributed by atoms with E-state index < -0.39 is 0 Å². The van der Waals surface area contributed by atoms with Gasteiger partial charge in [0, 0.05) is 5.56 Å². The fraction of sp³-hybridized carbons (Fsp3) is 0.235. The van der Waals surface area contributed by atoms with Crippen LogP contribution in [0.5, 0.6) is 0 Å². The third-order valence-electron chi connectivity index (χ3n) is 2.74. The zero-order valence-electron chi connectivity index (χ0n) is 12.0. The molecule has 0 saturated carbocycles. The Labute approximate surface area is 130 Å². The molecule has 0 bridgehead atoms. The van der Waals surface area contributed by atoms with E-state index in [1.807, 2.05) is 25.2 Å². The number of aryl methyl sites for hydroxylation is 3. The molecule has 0 unspecified atom stereocenters. The van der Waals surface area contributed by atoms with Crippen LogP contribution < -0.4 is 0 Å². The molecule has 0 heterocycles. The first-order valence-electron chi connectivity index (χ1n) is 6.27. The highest BCUT2D eigenvalue weighted by Crippen LogP contribution is 2.21. The molecule has 0 aliphatic carbocycles. The zero-order chi connectivity index (χ0) is 14.4. The van der Waals surface area contributed by atoms with Crippen LogP contribution in [0.1, 0.15) is 29.2 Å². The maximum atomic E-state index is 4.68. The van der Waals surface area contributed by atoms with Gasteiger partial charge in [-0.1, -0.05) is 36.4 Å². The van der Waals surface area contributed by atoms with Gasteiger partial charge in [-0.2, -0.15) is 0 Å². The molecule has 2 heteroatoms. The lowest BCUT2D eigenvalue weighted by Gasteiger charge is -2.10. The molecule has 1 aromatic rings. The third-order valence-corrected chi connectivity index (χ3v) is 3.52. The monoisotopic (exact) mass is 365 g/mol. The Morgan fingerprint density at radius 1 is 1.21 bits per heavy atom. The summed E-state index contributed by atoms with van der Waals surface area (Å²) in [5, 5.41) is 0. The molecule has 1 nitrogen and oxygen atoms in total. The van der Waals surface area contributed by atoms with Crippen LogP contribution in [0.2, 0.25) is 0 Å². The van der Waals surface area contributed by atoms with E-state index >= 15 is 0 Å². The molecule has 0 aliphatic heterocycles. The molecule has 0 aliphatic rings. The Hall–Kier alpha value is -1.16. The van der Waals surface area contributed by atoms with Gasteiger partial charge in [0.05, 0.1) is 5.70 Å². The predicted molar refractivity (Wildman–Crippen MR) is 94.3 cm³/mol. The van der Waals surface area contributed by atoms with Crippen LogP contribution in [0.25, 0.3) is 0 Å². The van der Waals surface area contributed by atoms with E-state index in [9.17, 15) is 0 Å². The summed E-state index contributed by atoms with van der Waals surface area (Å²) in [7, 11) is 0. The van der Waals surface area contributed by atoms with Gasteiger partial charge in [-0.05, 0) is 73.6 Å². The molecule has 0 saturated heterocycles. The first kappa shape index (κ1) is 15.9. The minimum atomic E-state index is 0.918. The number of benzene rings is 1. The van der Waals surface area contributed by atoms with Gasteiger partial charge in [-0.15, -0.1) is 0 Å². The fourth-order valence-corrected chi connectivity index (χ4v) is 3.23. The van der Waals surface area contributed by atoms with Crippen LogP contribution in [0, 0.1) is 20.8 Å². The minimum Gasteiger partial charge on any atom is -0.242 e. The molecule has 0 radical (unpaired) electrons. The van der Waals surface area contributed by atoms with Crippen molar-refractivity contribution in [3.05, 3.63) is 71.0 Å². The van der Waals surface area contributed by atoms with Gasteiger partial charge in [0.1, 0.15) is 3.72 Å². The quantitative estimate of drug-likeness (QED) is 0.383. The van der Waals surface area contributed by atoms with Crippen molar-refractivity contribution in [3.63, 3.8) is 0 Å². The second-order valence-electron chi connectivity index (χ2n) is 4.50. The van der Waals surface area contributed by atoms with Crippen molar-refractivity contribution >= 4 is 26.3 Å². The van der Waals surface area contributed by atoms with Crippen LogP contribution in [0.15, 0.2) is 53.7 Å². The van der Waals surface area contributed by atoms with Gasteiger partial charge in [0.25, 0.3) is 0 Å². The van der Waals surface area contributed by atoms with Crippen LogP contribution in [0.4, 0.5) is 0 Å². The number of hydrogen-bond donors (Lipinski definition) is 0. The van der Waals surface area contributed by atoms with Crippen molar-refractivity contribution in [2.75, 3.05) is 0 Å². The second kappa shape index (κ2) is 7.43. The van der Waals surface area contributed by atoms with Crippen LogP contribution >= 0.6 is 22.6 Å². The van der Waals surface area contributed by atoms with E-state index in [2.05, 4.69) is 67.1 Å². The molecular weight excluding hydrogens is 345 g/mol. The van der Waals surface area contributed by atoms with Gasteiger partial charge < -0.3 is 0 Å². The number of allylic oxidation sites excluding steroid dienone is 4. The average Bonchev–Trinajstić information content (AvgIpc) is 2.27. The summed E-state index contributed by atoms with van der Waals surface area (Å²) in [6, 6.07) is 4.39. The molecule has 19 heavy (non-hydrogen) atoms. The molecule has 100 valence electrons. The van der Waals surface area contributed by atoms with Crippen molar-refractivity contribution < 1.29 is 0 Å². The normalized spacial score (nSPS) is 13.1. The SMILES string of the molecule is C=C/C=C(\C=C/C)/N=C(/I)c1c(C)cc(C)cc1C. The number of nitrogens with zero attached hydrogens (tertiary/aromatic N) is 1. The van der Waals surface area contributed by atoms with E-state index in [0.717, 1.165) is 9.42 Å². The smallest absolute Gasteiger partial charge is 0.109 e. The van der Waals surface area contributed by atoms with Crippen LogP contribution in [0.3, 0.4) is 0 Å². The molecule has 1 rings (SSSR count). The summed E-state index contributed by atoms with van der Waals surface area (Å²) in [6.07, 6.45) is 7.64. The molecular formula is C17H20IN. The highest BCUT2D eigenvalue weighted by molar-refractivity contribution is 14.1. The summed E-state index contributed by atoms with van der Waals surface area (Å²) < 4.78 is 1.01. The molecule has 0 amide bonds. The Balaban J connectivity index is 3.30. The molecule has 0 spiro atoms. The Morgan fingerprint density at radius 2 is 1.79 bits per heavy atom. The number of halogens is 1. The summed E-state index contributed by atoms with van der Waals surface area (Å²) in [5.74, 6) is 0. The highest BCUT2D eigenvalue weighted by Gasteiger charge is 2.08. The summed E-state index contributed by atoms with van der Waals surface area (Å²) in [6.45, 7) is 12.1. The van der Waals surface area contributed by atoms with Gasteiger partial charge in [0.15, 0.2) is 0 Å². The molecule has 0 atom stereocenters. The highest BCUT2D eigenvalue weighted by atomic mass is 127. The van der Waals surface area contributed by atoms with Crippen molar-refractivity contribution in [2.45, 2.75) is 27.7 Å². The topological polar surface area (TPSA) is 12.4 Å². The third kappa shape index (κ3) is 4.46. The van der Waals surface area contributed by atoms with Crippen LogP contribution in [-0.4, -0.2) is 3.72 Å². The Kier molecular flexibility index (Phi) is 6.22. The maximum Gasteiger partial charge on any atom is 0.109 e. The first-order valence-corrected chi connectivity index (χ1v) is 7.35. The van der Waals surface area contributed by atoms with Gasteiger partial charge in [-0.25, -0.2) is 4.99 Å². The van der Waals surface area contributed by atoms with Crippen LogP contribution in [-0.2, 0) is 0 Å². The van der Waals surface area contributed by atoms with E-state index in [4.69, 9.17) is 0 Å². The Bertz CT molecular complexity index is 540. The maximum absolute atomic E-state index is 4.68. The van der Waals surface area contributed by atoms with Crippen molar-refractivity contribution in [3.8, 4) is 0 Å². The summed E-state index contributed by atoms with van der Waals surface area (Å²) in [4.78, 5) is 4.68. The molecule has 1 aromatic carbocycles. The van der Waals surface area contributed by atoms with E-state index in [-0.39, 0.29) is 0 Å². The number of rotatable bonds is 4. The Morgan fingerprint density at radius 3 is 2.26 bits per heavy atom. The zero-order valence-corrected chi connectivity index (χ0v) is 14.2. The number of aliphatic imine (C=N–C) groups is 1. The summed E-state index contributed by atoms with van der Waals surface area (Å²) in [5.41, 5.74) is 5.97. The molecule has 0 fully saturated rings. The van der Waals surface area contributed by atoms with E-state index in [1.54, 1.807) is 6.08 Å². The van der Waals surface area contributed by atoms with Crippen molar-refractivity contribution in [1.29, 1.82) is 0 Å². The van der Waals surface area contributed by atoms with Gasteiger partial charge >= 0.3 is 0 Å². The summed E-state index contributed by atoms with van der Waals surface area (Å²) >= 11 is 2.31. The van der Waals surface area contributed by atoms with Gasteiger partial charge in [0.2, 0.25) is 0 Å². The van der Waals surface area contributed by atoms with E-state index in [1.165, 1.54) is 22.3 Å². The lowest BCUT2D eigenvalue weighted by atomic mass is 10.0. The minimum absolute atomic E-state index is 0.918. The average molecular weight is 365 g/mol. The standard InChI is InChI=1S/C17H20IN/c1-6-8-15(9-7-2)19-17(18)16-13(4)10-12(3)11-14(16)5/h6-11H,1H2,2-5H3/b9-7-,15-8+,19-17+. The molecule has 0 aromatic heterocycles. The molecule has 0 N–H and O–H groups in total. The predicted octanol–water partition coefficient (Wildman–Crippen LogP) is 5.44.